The average molecular weight is 603 g/mol. The molecule has 0 radical (unpaired) electrons. The Morgan fingerprint density at radius 1 is 0.800 bits per heavy atom. The molecular weight excluding hydrogens is 568 g/mol. The van der Waals surface area contributed by atoms with E-state index >= 15 is 0 Å². The molecule has 6 aromatic rings. The molecule has 0 saturated heterocycles. The summed E-state index contributed by atoms with van der Waals surface area (Å²) in [5.41, 5.74) is 5.39. The van der Waals surface area contributed by atoms with E-state index in [0.29, 0.717) is 43.4 Å². The Kier molecular flexibility index (Phi) is 8.86. The van der Waals surface area contributed by atoms with E-state index in [9.17, 15) is 4.79 Å². The molecule has 3 heterocycles. The van der Waals surface area contributed by atoms with Crippen LogP contribution in [0.25, 0.3) is 17.1 Å². The highest BCUT2D eigenvalue weighted by atomic mass is 16.5. The number of ether oxygens (including phenoxy) is 2. The van der Waals surface area contributed by atoms with Gasteiger partial charge in [-0.3, -0.25) is 0 Å². The normalized spacial score (nSPS) is 11.1. The molecule has 9 heteroatoms. The van der Waals surface area contributed by atoms with Gasteiger partial charge in [-0.05, 0) is 55.8 Å². The lowest BCUT2D eigenvalue weighted by atomic mass is 10.1. The minimum atomic E-state index is -0.491. The number of hydrogen-bond donors (Lipinski definition) is 0. The van der Waals surface area contributed by atoms with E-state index < -0.39 is 5.97 Å². The molecule has 0 spiro atoms. The van der Waals surface area contributed by atoms with Gasteiger partial charge in [0, 0.05) is 43.5 Å². The largest absolute Gasteiger partial charge is 0.493 e. The zero-order chi connectivity index (χ0) is 31.2. The summed E-state index contributed by atoms with van der Waals surface area (Å²) in [5, 5.41) is 4.64. The molecule has 0 aliphatic heterocycles. The van der Waals surface area contributed by atoms with Crippen molar-refractivity contribution in [3.63, 3.8) is 0 Å². The number of benzene rings is 3. The quantitative estimate of drug-likeness (QED) is 0.137. The Balaban J connectivity index is 1.14. The molecule has 0 N–H and O–H groups in total. The molecule has 0 atom stereocenters. The van der Waals surface area contributed by atoms with Gasteiger partial charge in [0.2, 0.25) is 5.89 Å². The number of aromatic nitrogens is 4. The van der Waals surface area contributed by atoms with Crippen molar-refractivity contribution in [2.75, 3.05) is 13.2 Å². The van der Waals surface area contributed by atoms with Gasteiger partial charge in [0.1, 0.15) is 17.3 Å². The Labute approximate surface area is 261 Å². The number of para-hydroxylation sites is 1. The fourth-order valence-electron chi connectivity index (χ4n) is 5.13. The van der Waals surface area contributed by atoms with Crippen molar-refractivity contribution in [3.8, 4) is 22.9 Å². The van der Waals surface area contributed by atoms with Crippen LogP contribution in [0.5, 0.6) is 5.75 Å². The maximum absolute atomic E-state index is 13.4. The van der Waals surface area contributed by atoms with Crippen LogP contribution in [-0.4, -0.2) is 38.9 Å². The Bertz CT molecular complexity index is 1890. The van der Waals surface area contributed by atoms with Crippen molar-refractivity contribution in [1.82, 2.24) is 19.7 Å². The van der Waals surface area contributed by atoms with Crippen LogP contribution in [0.3, 0.4) is 0 Å². The van der Waals surface area contributed by atoms with Crippen LogP contribution in [0.2, 0.25) is 0 Å². The number of carbonyl (C=O) groups excluding carboxylic acids is 1. The van der Waals surface area contributed by atoms with Crippen molar-refractivity contribution >= 4 is 5.97 Å². The molecule has 9 nitrogen and oxygen atoms in total. The van der Waals surface area contributed by atoms with Crippen LogP contribution in [0.4, 0.5) is 0 Å². The van der Waals surface area contributed by atoms with Crippen molar-refractivity contribution in [1.29, 1.82) is 0 Å². The van der Waals surface area contributed by atoms with E-state index in [-0.39, 0.29) is 12.3 Å². The van der Waals surface area contributed by atoms with Crippen LogP contribution < -0.4 is 4.74 Å². The topological polar surface area (TPSA) is 105 Å². The summed E-state index contributed by atoms with van der Waals surface area (Å²) in [5.74, 6) is 2.96. The second-order valence-electron chi connectivity index (χ2n) is 10.7. The minimum absolute atomic E-state index is 0.145. The number of esters is 1. The molecule has 0 bridgehead atoms. The molecule has 45 heavy (non-hydrogen) atoms. The van der Waals surface area contributed by atoms with Crippen LogP contribution in [0.1, 0.15) is 50.4 Å². The first kappa shape index (κ1) is 29.6. The third kappa shape index (κ3) is 7.21. The number of nitrogens with zero attached hydrogens (tertiary/aromatic N) is 4. The molecule has 0 fully saturated rings. The van der Waals surface area contributed by atoms with Crippen LogP contribution >= 0.6 is 0 Å². The van der Waals surface area contributed by atoms with Crippen molar-refractivity contribution < 1.29 is 23.1 Å². The number of hydrogen-bond acceptors (Lipinski definition) is 8. The van der Waals surface area contributed by atoms with E-state index in [1.807, 2.05) is 112 Å². The SMILES string of the molecule is Cc1nc(CCOc2cccc(Cc3cn(-c4ccccc4)nc3C(=O)OCCc3nc(-c4ccccc4)oc3C)c2)c(C)o1. The summed E-state index contributed by atoms with van der Waals surface area (Å²) in [4.78, 5) is 22.4. The fraction of sp³-hybridized carbons (Fsp3) is 0.222. The monoisotopic (exact) mass is 602 g/mol. The Hall–Kier alpha value is -5.44. The van der Waals surface area contributed by atoms with Gasteiger partial charge in [-0.2, -0.15) is 5.10 Å². The minimum Gasteiger partial charge on any atom is -0.493 e. The number of oxazole rings is 2. The van der Waals surface area contributed by atoms with Gasteiger partial charge >= 0.3 is 5.97 Å². The summed E-state index contributed by atoms with van der Waals surface area (Å²) in [6.45, 7) is 6.23. The molecule has 228 valence electrons. The van der Waals surface area contributed by atoms with Gasteiger partial charge in [0.25, 0.3) is 0 Å². The smallest absolute Gasteiger partial charge is 0.359 e. The first-order chi connectivity index (χ1) is 21.9. The molecular formula is C36H34N4O5. The predicted molar refractivity (Wildman–Crippen MR) is 169 cm³/mol. The lowest BCUT2D eigenvalue weighted by Crippen LogP contribution is -2.12. The lowest BCUT2D eigenvalue weighted by Gasteiger charge is -2.08. The fourth-order valence-corrected chi connectivity index (χ4v) is 5.13. The summed E-state index contributed by atoms with van der Waals surface area (Å²) in [6.07, 6.45) is 3.42. The average Bonchev–Trinajstić information content (AvgIpc) is 3.74. The third-order valence-corrected chi connectivity index (χ3v) is 7.39. The second kappa shape index (κ2) is 13.5. The molecule has 0 aliphatic carbocycles. The summed E-state index contributed by atoms with van der Waals surface area (Å²) in [7, 11) is 0. The Morgan fingerprint density at radius 2 is 1.51 bits per heavy atom. The highest BCUT2D eigenvalue weighted by Crippen LogP contribution is 2.23. The zero-order valence-electron chi connectivity index (χ0n) is 25.5. The maximum Gasteiger partial charge on any atom is 0.359 e. The molecule has 0 unspecified atom stereocenters. The number of carbonyl (C=O) groups is 1. The summed E-state index contributed by atoms with van der Waals surface area (Å²) in [6, 6.07) is 27.2. The Morgan fingerprint density at radius 3 is 2.27 bits per heavy atom. The predicted octanol–water partition coefficient (Wildman–Crippen LogP) is 7.05. The molecule has 3 aromatic heterocycles. The van der Waals surface area contributed by atoms with E-state index in [1.54, 1.807) is 4.68 Å². The van der Waals surface area contributed by atoms with Crippen LogP contribution in [0.15, 0.2) is 100.0 Å². The van der Waals surface area contributed by atoms with E-state index in [1.165, 1.54) is 0 Å². The van der Waals surface area contributed by atoms with Crippen LogP contribution in [-0.2, 0) is 24.0 Å². The zero-order valence-corrected chi connectivity index (χ0v) is 25.5. The van der Waals surface area contributed by atoms with Gasteiger partial charge in [-0.15, -0.1) is 0 Å². The first-order valence-corrected chi connectivity index (χ1v) is 14.9. The van der Waals surface area contributed by atoms with E-state index in [0.717, 1.165) is 45.3 Å². The van der Waals surface area contributed by atoms with Gasteiger partial charge in [0.05, 0.1) is 30.3 Å². The number of aryl methyl sites for hydroxylation is 3. The second-order valence-corrected chi connectivity index (χ2v) is 10.7. The first-order valence-electron chi connectivity index (χ1n) is 14.9. The molecule has 3 aromatic carbocycles. The molecule has 6 rings (SSSR count). The highest BCUT2D eigenvalue weighted by Gasteiger charge is 2.20. The maximum atomic E-state index is 13.4. The molecule has 0 saturated carbocycles. The van der Waals surface area contributed by atoms with Crippen LogP contribution in [0, 0.1) is 20.8 Å². The standard InChI is InChI=1S/C36H34N4O5/c1-24-32(37-26(3)44-24)17-19-42-31-16-10-11-27(22-31)21-29-23-40(30-14-8-5-9-15-30)39-34(29)36(41)43-20-18-33-25(2)45-35(38-33)28-12-6-4-7-13-28/h4-16,22-23H,17-21H2,1-3H3. The molecule has 0 amide bonds. The van der Waals surface area contributed by atoms with Gasteiger partial charge in [-0.25, -0.2) is 19.4 Å². The molecule has 0 aliphatic rings. The van der Waals surface area contributed by atoms with Crippen molar-refractivity contribution in [3.05, 3.63) is 137 Å². The van der Waals surface area contributed by atoms with E-state index in [2.05, 4.69) is 15.1 Å². The van der Waals surface area contributed by atoms with Crippen molar-refractivity contribution in [2.24, 2.45) is 0 Å². The highest BCUT2D eigenvalue weighted by molar-refractivity contribution is 5.89. The summed E-state index contributed by atoms with van der Waals surface area (Å²) >= 11 is 0. The van der Waals surface area contributed by atoms with Gasteiger partial charge in [-0.1, -0.05) is 48.5 Å². The third-order valence-electron chi connectivity index (χ3n) is 7.39. The van der Waals surface area contributed by atoms with E-state index in [4.69, 9.17) is 18.3 Å². The van der Waals surface area contributed by atoms with Gasteiger partial charge < -0.3 is 18.3 Å². The summed E-state index contributed by atoms with van der Waals surface area (Å²) < 4.78 is 24.8. The van der Waals surface area contributed by atoms with Crippen molar-refractivity contribution in [2.45, 2.75) is 40.0 Å². The number of rotatable bonds is 12. The van der Waals surface area contributed by atoms with Gasteiger partial charge in [0.15, 0.2) is 11.6 Å². The lowest BCUT2D eigenvalue weighted by molar-refractivity contribution is 0.0499.